The Hall–Kier alpha value is -2.29. The van der Waals surface area contributed by atoms with Gasteiger partial charge in [0.1, 0.15) is 12.4 Å². The third kappa shape index (κ3) is 4.09. The monoisotopic (exact) mass is 284 g/mol. The van der Waals surface area contributed by atoms with Gasteiger partial charge in [0.25, 0.3) is 0 Å². The van der Waals surface area contributed by atoms with E-state index in [-0.39, 0.29) is 11.0 Å². The van der Waals surface area contributed by atoms with Crippen LogP contribution in [0, 0.1) is 0 Å². The number of carboxylic acid groups (broad SMARTS) is 1. The number of benzene rings is 2. The van der Waals surface area contributed by atoms with Crippen LogP contribution in [0.25, 0.3) is 0 Å². The van der Waals surface area contributed by atoms with Crippen LogP contribution in [0.2, 0.25) is 0 Å². The molecule has 0 heterocycles. The molecule has 21 heavy (non-hydrogen) atoms. The molecule has 110 valence electrons. The van der Waals surface area contributed by atoms with Crippen LogP contribution in [-0.2, 0) is 12.0 Å². The summed E-state index contributed by atoms with van der Waals surface area (Å²) in [7, 11) is 0. The summed E-state index contributed by atoms with van der Waals surface area (Å²) >= 11 is 0. The molecule has 0 unspecified atom stereocenters. The van der Waals surface area contributed by atoms with Crippen LogP contribution < -0.4 is 4.74 Å². The smallest absolute Gasteiger partial charge is 0.335 e. The maximum atomic E-state index is 10.9. The SMILES string of the molecule is CC(C)(C)c1cccc(OCc2cccc(C(=O)O)c2)c1. The third-order valence-corrected chi connectivity index (χ3v) is 3.28. The molecule has 3 heteroatoms. The number of hydrogen-bond donors (Lipinski definition) is 1. The first-order valence-electron chi connectivity index (χ1n) is 6.92. The molecule has 0 bridgehead atoms. The first-order chi connectivity index (χ1) is 9.86. The molecule has 0 spiro atoms. The van der Waals surface area contributed by atoms with Crippen LogP contribution in [0.5, 0.6) is 5.75 Å². The Morgan fingerprint density at radius 1 is 1.10 bits per heavy atom. The highest BCUT2D eigenvalue weighted by molar-refractivity contribution is 5.87. The molecule has 0 radical (unpaired) electrons. The van der Waals surface area contributed by atoms with Crippen LogP contribution in [0.3, 0.4) is 0 Å². The van der Waals surface area contributed by atoms with E-state index in [0.29, 0.717) is 6.61 Å². The van der Waals surface area contributed by atoms with Crippen molar-refractivity contribution in [2.75, 3.05) is 0 Å². The molecule has 0 atom stereocenters. The molecule has 0 aromatic heterocycles. The predicted octanol–water partition coefficient (Wildman–Crippen LogP) is 4.26. The van der Waals surface area contributed by atoms with Crippen molar-refractivity contribution in [2.45, 2.75) is 32.8 Å². The highest BCUT2D eigenvalue weighted by atomic mass is 16.5. The van der Waals surface area contributed by atoms with Crippen molar-refractivity contribution >= 4 is 5.97 Å². The number of hydrogen-bond acceptors (Lipinski definition) is 2. The van der Waals surface area contributed by atoms with E-state index in [9.17, 15) is 4.79 Å². The van der Waals surface area contributed by atoms with E-state index in [1.807, 2.05) is 24.3 Å². The fraction of sp³-hybridized carbons (Fsp3) is 0.278. The molecule has 0 fully saturated rings. The normalized spacial score (nSPS) is 11.2. The highest BCUT2D eigenvalue weighted by Crippen LogP contribution is 2.26. The van der Waals surface area contributed by atoms with E-state index in [4.69, 9.17) is 9.84 Å². The molecule has 2 aromatic carbocycles. The first kappa shape index (κ1) is 15.1. The van der Waals surface area contributed by atoms with Crippen molar-refractivity contribution < 1.29 is 14.6 Å². The van der Waals surface area contributed by atoms with E-state index < -0.39 is 5.97 Å². The fourth-order valence-electron chi connectivity index (χ4n) is 2.01. The average molecular weight is 284 g/mol. The van der Waals surface area contributed by atoms with Gasteiger partial charge in [-0.05, 0) is 40.8 Å². The largest absolute Gasteiger partial charge is 0.489 e. The summed E-state index contributed by atoms with van der Waals surface area (Å²) in [4.78, 5) is 10.9. The Morgan fingerprint density at radius 3 is 2.48 bits per heavy atom. The summed E-state index contributed by atoms with van der Waals surface area (Å²) in [6.45, 7) is 6.82. The predicted molar refractivity (Wildman–Crippen MR) is 82.9 cm³/mol. The molecule has 0 aliphatic heterocycles. The van der Waals surface area contributed by atoms with Crippen LogP contribution in [0.4, 0.5) is 0 Å². The zero-order valence-electron chi connectivity index (χ0n) is 12.6. The Kier molecular flexibility index (Phi) is 4.32. The minimum atomic E-state index is -0.924. The highest BCUT2D eigenvalue weighted by Gasteiger charge is 2.14. The molecule has 0 aliphatic carbocycles. The van der Waals surface area contributed by atoms with Gasteiger partial charge in [-0.2, -0.15) is 0 Å². The van der Waals surface area contributed by atoms with Crippen molar-refractivity contribution in [3.63, 3.8) is 0 Å². The van der Waals surface area contributed by atoms with Crippen molar-refractivity contribution in [1.82, 2.24) is 0 Å². The van der Waals surface area contributed by atoms with Crippen molar-refractivity contribution in [1.29, 1.82) is 0 Å². The summed E-state index contributed by atoms with van der Waals surface area (Å²) in [5, 5.41) is 8.98. The number of carboxylic acids is 1. The number of aromatic carboxylic acids is 1. The fourth-order valence-corrected chi connectivity index (χ4v) is 2.01. The van der Waals surface area contributed by atoms with E-state index >= 15 is 0 Å². The summed E-state index contributed by atoms with van der Waals surface area (Å²) in [6, 6.07) is 14.8. The quantitative estimate of drug-likeness (QED) is 0.912. The Balaban J connectivity index is 2.10. The number of rotatable bonds is 4. The molecule has 0 amide bonds. The third-order valence-electron chi connectivity index (χ3n) is 3.28. The summed E-state index contributed by atoms with van der Waals surface area (Å²) in [6.07, 6.45) is 0. The Labute approximate surface area is 125 Å². The molecule has 1 N–H and O–H groups in total. The van der Waals surface area contributed by atoms with E-state index in [1.165, 1.54) is 5.56 Å². The lowest BCUT2D eigenvalue weighted by molar-refractivity contribution is 0.0696. The van der Waals surface area contributed by atoms with Crippen molar-refractivity contribution in [3.05, 3.63) is 65.2 Å². The lowest BCUT2D eigenvalue weighted by Crippen LogP contribution is -2.11. The molecule has 0 aliphatic rings. The van der Waals surface area contributed by atoms with Gasteiger partial charge in [0.15, 0.2) is 0 Å². The number of ether oxygens (including phenoxy) is 1. The maximum Gasteiger partial charge on any atom is 0.335 e. The Morgan fingerprint density at radius 2 is 1.81 bits per heavy atom. The number of carbonyl (C=O) groups is 1. The molecule has 2 aromatic rings. The van der Waals surface area contributed by atoms with Gasteiger partial charge in [-0.15, -0.1) is 0 Å². The lowest BCUT2D eigenvalue weighted by Gasteiger charge is -2.19. The standard InChI is InChI=1S/C18H20O3/c1-18(2,3)15-8-5-9-16(11-15)21-12-13-6-4-7-14(10-13)17(19)20/h4-11H,12H2,1-3H3,(H,19,20). The van der Waals surface area contributed by atoms with Crippen LogP contribution in [0.1, 0.15) is 42.3 Å². The molecule has 0 saturated carbocycles. The van der Waals surface area contributed by atoms with Gasteiger partial charge in [-0.25, -0.2) is 4.79 Å². The van der Waals surface area contributed by atoms with Crippen LogP contribution in [0.15, 0.2) is 48.5 Å². The summed E-state index contributed by atoms with van der Waals surface area (Å²) in [5.74, 6) is -0.130. The second-order valence-electron chi connectivity index (χ2n) is 6.07. The van der Waals surface area contributed by atoms with Crippen molar-refractivity contribution in [3.8, 4) is 5.75 Å². The van der Waals surface area contributed by atoms with Crippen LogP contribution >= 0.6 is 0 Å². The minimum Gasteiger partial charge on any atom is -0.489 e. The molecule has 0 saturated heterocycles. The van der Waals surface area contributed by atoms with Gasteiger partial charge in [-0.1, -0.05) is 45.0 Å². The van der Waals surface area contributed by atoms with Gasteiger partial charge in [0, 0.05) is 0 Å². The Bertz CT molecular complexity index is 639. The van der Waals surface area contributed by atoms with E-state index in [2.05, 4.69) is 26.8 Å². The zero-order chi connectivity index (χ0) is 15.5. The van der Waals surface area contributed by atoms with Gasteiger partial charge in [-0.3, -0.25) is 0 Å². The van der Waals surface area contributed by atoms with Gasteiger partial charge in [0.05, 0.1) is 5.56 Å². The molecular formula is C18H20O3. The first-order valence-corrected chi connectivity index (χ1v) is 6.92. The zero-order valence-corrected chi connectivity index (χ0v) is 12.6. The average Bonchev–Trinajstić information content (AvgIpc) is 2.45. The second-order valence-corrected chi connectivity index (χ2v) is 6.07. The molecule has 2 rings (SSSR count). The van der Waals surface area contributed by atoms with Gasteiger partial charge < -0.3 is 9.84 Å². The van der Waals surface area contributed by atoms with E-state index in [1.54, 1.807) is 18.2 Å². The second kappa shape index (κ2) is 6.00. The summed E-state index contributed by atoms with van der Waals surface area (Å²) in [5.41, 5.74) is 2.40. The maximum absolute atomic E-state index is 10.9. The topological polar surface area (TPSA) is 46.5 Å². The van der Waals surface area contributed by atoms with E-state index in [0.717, 1.165) is 11.3 Å². The molecular weight excluding hydrogens is 264 g/mol. The van der Waals surface area contributed by atoms with Gasteiger partial charge in [0.2, 0.25) is 0 Å². The minimum absolute atomic E-state index is 0.0720. The summed E-state index contributed by atoms with van der Waals surface area (Å²) < 4.78 is 5.77. The van der Waals surface area contributed by atoms with Crippen molar-refractivity contribution in [2.24, 2.45) is 0 Å². The van der Waals surface area contributed by atoms with Gasteiger partial charge >= 0.3 is 5.97 Å². The van der Waals surface area contributed by atoms with Crippen LogP contribution in [-0.4, -0.2) is 11.1 Å². The molecule has 3 nitrogen and oxygen atoms in total. The lowest BCUT2D eigenvalue weighted by atomic mass is 9.87.